The fourth-order valence-electron chi connectivity index (χ4n) is 1.19. The van der Waals surface area contributed by atoms with Crippen molar-refractivity contribution in [2.75, 3.05) is 6.54 Å². The van der Waals surface area contributed by atoms with Gasteiger partial charge in [-0.1, -0.05) is 22.9 Å². The molecule has 82 valence electrons. The maximum absolute atomic E-state index is 12.6. The van der Waals surface area contributed by atoms with Crippen LogP contribution in [0.4, 0.5) is 13.2 Å². The van der Waals surface area contributed by atoms with Crippen LogP contribution in [0.15, 0.2) is 12.0 Å². The molecule has 0 saturated carbocycles. The number of aliphatic hydroxyl groups excluding tert-OH is 1. The molecule has 3 nitrogen and oxygen atoms in total. The van der Waals surface area contributed by atoms with Crippen LogP contribution in [0.3, 0.4) is 0 Å². The van der Waals surface area contributed by atoms with Crippen molar-refractivity contribution in [2.45, 2.75) is 24.0 Å². The molecule has 1 aliphatic heterocycles. The fraction of sp³-hybridized carbons (Fsp3) is 0.714. The highest BCUT2D eigenvalue weighted by Crippen LogP contribution is 2.44. The molecular weight excluding hydrogens is 265 g/mol. The van der Waals surface area contributed by atoms with Crippen molar-refractivity contribution in [3.63, 3.8) is 0 Å². The number of rotatable bonds is 2. The minimum absolute atomic E-state index is 0.172. The predicted molar refractivity (Wildman–Crippen MR) is 48.6 cm³/mol. The molecule has 0 radical (unpaired) electrons. The number of aliphatic hydroxyl groups is 1. The summed E-state index contributed by atoms with van der Waals surface area (Å²) < 4.78 is 35.5. The number of hydrazine groups is 1. The first kappa shape index (κ1) is 11.6. The zero-order valence-electron chi connectivity index (χ0n) is 7.40. The van der Waals surface area contributed by atoms with Crippen molar-refractivity contribution in [3.8, 4) is 0 Å². The number of alkyl halides is 4. The van der Waals surface area contributed by atoms with Gasteiger partial charge in [-0.3, -0.25) is 5.43 Å². The Hall–Kier alpha value is -0.430. The van der Waals surface area contributed by atoms with Crippen LogP contribution in [0.1, 0.15) is 13.3 Å². The SMILES string of the molecule is CCCN1NC(O)=CC1(Br)C(F)(F)F. The highest BCUT2D eigenvalue weighted by atomic mass is 79.9. The zero-order valence-corrected chi connectivity index (χ0v) is 8.98. The molecule has 0 aromatic rings. The third kappa shape index (κ3) is 1.83. The van der Waals surface area contributed by atoms with Crippen molar-refractivity contribution in [2.24, 2.45) is 0 Å². The molecule has 0 spiro atoms. The van der Waals surface area contributed by atoms with Gasteiger partial charge in [-0.2, -0.15) is 18.2 Å². The second kappa shape index (κ2) is 3.62. The first-order valence-corrected chi connectivity index (χ1v) is 4.82. The first-order valence-electron chi connectivity index (χ1n) is 4.03. The standard InChI is InChI=1S/C7H10BrF3N2O/c1-2-3-13-6(8,7(9,10)11)4-5(14)12-13/h4,12,14H,2-3H2,1H3. The van der Waals surface area contributed by atoms with E-state index in [1.54, 1.807) is 6.92 Å². The highest BCUT2D eigenvalue weighted by Gasteiger charge is 2.59. The van der Waals surface area contributed by atoms with E-state index in [0.717, 1.165) is 5.01 Å². The largest absolute Gasteiger partial charge is 0.494 e. The number of hydrogen-bond donors (Lipinski definition) is 2. The van der Waals surface area contributed by atoms with E-state index in [1.165, 1.54) is 0 Å². The van der Waals surface area contributed by atoms with E-state index in [-0.39, 0.29) is 6.54 Å². The maximum atomic E-state index is 12.6. The van der Waals surface area contributed by atoms with Gasteiger partial charge < -0.3 is 5.11 Å². The van der Waals surface area contributed by atoms with E-state index in [2.05, 4.69) is 21.4 Å². The molecule has 2 N–H and O–H groups in total. The Bertz CT molecular complexity index is 256. The number of halogens is 4. The highest BCUT2D eigenvalue weighted by molar-refractivity contribution is 9.10. The van der Waals surface area contributed by atoms with Crippen molar-refractivity contribution >= 4 is 15.9 Å². The van der Waals surface area contributed by atoms with Crippen molar-refractivity contribution < 1.29 is 18.3 Å². The van der Waals surface area contributed by atoms with Gasteiger partial charge >= 0.3 is 6.18 Å². The number of nitrogens with one attached hydrogen (secondary N) is 1. The van der Waals surface area contributed by atoms with Gasteiger partial charge in [0.2, 0.25) is 4.45 Å². The molecule has 1 unspecified atom stereocenters. The van der Waals surface area contributed by atoms with Crippen molar-refractivity contribution in [1.82, 2.24) is 10.4 Å². The normalized spacial score (nSPS) is 28.8. The van der Waals surface area contributed by atoms with E-state index >= 15 is 0 Å². The van der Waals surface area contributed by atoms with Gasteiger partial charge in [0, 0.05) is 12.6 Å². The van der Waals surface area contributed by atoms with Crippen LogP contribution in [-0.4, -0.2) is 27.3 Å². The zero-order chi connectivity index (χ0) is 11.0. The van der Waals surface area contributed by atoms with Gasteiger partial charge in [0.15, 0.2) is 5.88 Å². The average Bonchev–Trinajstić information content (AvgIpc) is 2.27. The number of hydrogen-bond acceptors (Lipinski definition) is 3. The molecule has 7 heteroatoms. The van der Waals surface area contributed by atoms with E-state index in [9.17, 15) is 13.2 Å². The lowest BCUT2D eigenvalue weighted by atomic mass is 10.2. The van der Waals surface area contributed by atoms with E-state index in [0.29, 0.717) is 12.5 Å². The Labute approximate surface area is 87.7 Å². The minimum atomic E-state index is -4.49. The summed E-state index contributed by atoms with van der Waals surface area (Å²) in [4.78, 5) is 0. The molecule has 0 aromatic carbocycles. The summed E-state index contributed by atoms with van der Waals surface area (Å²) in [5.74, 6) is -0.493. The molecule has 1 rings (SSSR count). The smallest absolute Gasteiger partial charge is 0.422 e. The molecule has 1 heterocycles. The topological polar surface area (TPSA) is 35.5 Å². The van der Waals surface area contributed by atoms with E-state index < -0.39 is 16.5 Å². The van der Waals surface area contributed by atoms with Gasteiger partial charge in [0.05, 0.1) is 0 Å². The quantitative estimate of drug-likeness (QED) is 0.599. The van der Waals surface area contributed by atoms with Crippen LogP contribution in [0.5, 0.6) is 0 Å². The third-order valence-corrected chi connectivity index (χ3v) is 2.92. The van der Waals surface area contributed by atoms with Crippen molar-refractivity contribution in [3.05, 3.63) is 12.0 Å². The summed E-state index contributed by atoms with van der Waals surface area (Å²) in [7, 11) is 0. The van der Waals surface area contributed by atoms with Crippen LogP contribution < -0.4 is 5.43 Å². The summed E-state index contributed by atoms with van der Waals surface area (Å²) in [5, 5.41) is 9.91. The summed E-state index contributed by atoms with van der Waals surface area (Å²) in [5.41, 5.74) is 2.24. The second-order valence-corrected chi connectivity index (χ2v) is 4.17. The molecule has 0 fully saturated rings. The molecule has 0 bridgehead atoms. The Balaban J connectivity index is 2.92. The average molecular weight is 275 g/mol. The molecule has 0 saturated heterocycles. The molecule has 0 aromatic heterocycles. The Morgan fingerprint density at radius 3 is 2.64 bits per heavy atom. The molecule has 1 atom stereocenters. The van der Waals surface area contributed by atoms with Gasteiger partial charge in [-0.25, -0.2) is 0 Å². The van der Waals surface area contributed by atoms with Gasteiger partial charge in [0.25, 0.3) is 0 Å². The van der Waals surface area contributed by atoms with Gasteiger partial charge in [0.1, 0.15) is 0 Å². The second-order valence-electron chi connectivity index (χ2n) is 2.96. The first-order chi connectivity index (χ1) is 6.31. The predicted octanol–water partition coefficient (Wildman–Crippen LogP) is 2.27. The Morgan fingerprint density at radius 1 is 1.64 bits per heavy atom. The molecule has 0 amide bonds. The monoisotopic (exact) mass is 274 g/mol. The lowest BCUT2D eigenvalue weighted by molar-refractivity contribution is -0.182. The lowest BCUT2D eigenvalue weighted by Gasteiger charge is -2.33. The molecule has 14 heavy (non-hydrogen) atoms. The molecule has 0 aliphatic carbocycles. The van der Waals surface area contributed by atoms with E-state index in [1.807, 2.05) is 0 Å². The van der Waals surface area contributed by atoms with Gasteiger partial charge in [-0.15, -0.1) is 0 Å². The third-order valence-electron chi connectivity index (χ3n) is 1.82. The summed E-state index contributed by atoms with van der Waals surface area (Å²) in [6, 6.07) is 0. The van der Waals surface area contributed by atoms with Crippen LogP contribution in [0.25, 0.3) is 0 Å². The lowest BCUT2D eigenvalue weighted by Crippen LogP contribution is -2.54. The number of nitrogens with zero attached hydrogens (tertiary/aromatic N) is 1. The van der Waals surface area contributed by atoms with Crippen LogP contribution in [0.2, 0.25) is 0 Å². The van der Waals surface area contributed by atoms with Crippen molar-refractivity contribution in [1.29, 1.82) is 0 Å². The minimum Gasteiger partial charge on any atom is -0.494 e. The van der Waals surface area contributed by atoms with Crippen LogP contribution >= 0.6 is 15.9 Å². The molecular formula is C7H10BrF3N2O. The maximum Gasteiger partial charge on any atom is 0.422 e. The summed E-state index contributed by atoms with van der Waals surface area (Å²) in [6.45, 7) is 1.92. The Kier molecular flexibility index (Phi) is 3.01. The van der Waals surface area contributed by atoms with Crippen LogP contribution in [0, 0.1) is 0 Å². The van der Waals surface area contributed by atoms with Gasteiger partial charge in [-0.05, 0) is 6.42 Å². The molecule has 1 aliphatic rings. The Morgan fingerprint density at radius 2 is 2.21 bits per heavy atom. The summed E-state index contributed by atoms with van der Waals surface area (Å²) in [6.07, 6.45) is -3.25. The van der Waals surface area contributed by atoms with E-state index in [4.69, 9.17) is 5.11 Å². The summed E-state index contributed by atoms with van der Waals surface area (Å²) >= 11 is 2.58. The fourth-order valence-corrected chi connectivity index (χ4v) is 1.67. The van der Waals surface area contributed by atoms with Crippen LogP contribution in [-0.2, 0) is 0 Å².